The van der Waals surface area contributed by atoms with Crippen molar-refractivity contribution < 1.29 is 34.8 Å². The molecule has 0 fully saturated rings. The third kappa shape index (κ3) is 21.9. The highest BCUT2D eigenvalue weighted by atomic mass is 16.5. The number of unbranched alkanes of at least 4 members (excludes halogenated alkanes) is 15. The van der Waals surface area contributed by atoms with Crippen LogP contribution in [0, 0.1) is 0 Å². The molecule has 0 amide bonds. The average molecular weight is 669 g/mol. The van der Waals surface area contributed by atoms with E-state index in [0.717, 1.165) is 29.7 Å². The highest BCUT2D eigenvalue weighted by Gasteiger charge is 2.24. The number of carboxylic acid groups (broad SMARTS) is 2. The highest BCUT2D eigenvalue weighted by Crippen LogP contribution is 2.37. The first-order chi connectivity index (χ1) is 22.9. The fourth-order valence-electron chi connectivity index (χ4n) is 5.30. The zero-order valence-corrected chi connectivity index (χ0v) is 30.2. The van der Waals surface area contributed by atoms with Crippen LogP contribution in [0.2, 0.25) is 0 Å². The summed E-state index contributed by atoms with van der Waals surface area (Å²) in [6.07, 6.45) is 24.8. The van der Waals surface area contributed by atoms with Crippen LogP contribution in [0.5, 0.6) is 17.2 Å². The lowest BCUT2D eigenvalue weighted by atomic mass is 9.78. The molecule has 2 aromatic rings. The van der Waals surface area contributed by atoms with E-state index < -0.39 is 11.9 Å². The topological polar surface area (TPSA) is 124 Å². The summed E-state index contributed by atoms with van der Waals surface area (Å²) in [7, 11) is 0. The quantitative estimate of drug-likeness (QED) is 0.0686. The number of carboxylic acids is 2. The number of ether oxygens (including phenoxy) is 1. The molecule has 0 bridgehead atoms. The Morgan fingerprint density at radius 2 is 1.06 bits per heavy atom. The number of aliphatic carboxylic acids is 2. The summed E-state index contributed by atoms with van der Waals surface area (Å²) in [5.74, 6) is -0.954. The predicted molar refractivity (Wildman–Crippen MR) is 198 cm³/mol. The largest absolute Gasteiger partial charge is 0.508 e. The lowest BCUT2D eigenvalue weighted by Crippen LogP contribution is -2.19. The van der Waals surface area contributed by atoms with Gasteiger partial charge in [-0.15, -0.1) is 0 Å². The van der Waals surface area contributed by atoms with Crippen LogP contribution in [0.3, 0.4) is 0 Å². The number of rotatable bonds is 23. The van der Waals surface area contributed by atoms with Crippen LogP contribution in [0.25, 0.3) is 0 Å². The number of carbonyl (C=O) groups is 2. The molecule has 0 spiro atoms. The molecule has 0 aromatic heterocycles. The zero-order chi connectivity index (χ0) is 36.2. The van der Waals surface area contributed by atoms with Gasteiger partial charge in [0.2, 0.25) is 0 Å². The maximum atomic E-state index is 10.4. The molecule has 4 N–H and O–H groups in total. The van der Waals surface area contributed by atoms with E-state index >= 15 is 0 Å². The summed E-state index contributed by atoms with van der Waals surface area (Å²) in [6.45, 7) is 14.6. The van der Waals surface area contributed by atoms with Crippen molar-refractivity contribution in [2.24, 2.45) is 0 Å². The van der Waals surface area contributed by atoms with Gasteiger partial charge in [-0.3, -0.25) is 0 Å². The zero-order valence-electron chi connectivity index (χ0n) is 30.2. The number of hydrogen-bond donors (Lipinski definition) is 4. The molecular weight excluding hydrogens is 604 g/mol. The van der Waals surface area contributed by atoms with E-state index in [1.54, 1.807) is 18.2 Å². The molecule has 48 heavy (non-hydrogen) atoms. The normalized spacial score (nSPS) is 11.2. The van der Waals surface area contributed by atoms with Crippen LogP contribution < -0.4 is 4.74 Å². The number of benzene rings is 2. The van der Waals surface area contributed by atoms with E-state index in [1.807, 2.05) is 24.3 Å². The minimum atomic E-state index is -0.981. The molecule has 0 aliphatic rings. The average Bonchev–Trinajstić information content (AvgIpc) is 3.06. The fourth-order valence-corrected chi connectivity index (χ4v) is 5.30. The van der Waals surface area contributed by atoms with Crippen molar-refractivity contribution in [3.8, 4) is 17.2 Å². The van der Waals surface area contributed by atoms with Crippen molar-refractivity contribution in [2.75, 3.05) is 0 Å². The molecule has 0 saturated heterocycles. The van der Waals surface area contributed by atoms with Gasteiger partial charge >= 0.3 is 11.9 Å². The maximum absolute atomic E-state index is 10.4. The second-order valence-electron chi connectivity index (χ2n) is 13.0. The summed E-state index contributed by atoms with van der Waals surface area (Å²) < 4.78 is 6.17. The Morgan fingerprint density at radius 1 is 0.688 bits per heavy atom. The van der Waals surface area contributed by atoms with Gasteiger partial charge in [0, 0.05) is 17.6 Å². The lowest BCUT2D eigenvalue weighted by Gasteiger charge is -2.27. The molecule has 7 nitrogen and oxygen atoms in total. The van der Waals surface area contributed by atoms with Gasteiger partial charge in [0.25, 0.3) is 0 Å². The van der Waals surface area contributed by atoms with Gasteiger partial charge in [-0.2, -0.15) is 0 Å². The SMILES string of the molecule is C=CC(=O)O.C=CC(=O)O.CCCCCCCCCCCCCCCCCCC(C)Oc1cc(C(C)(C)c2ccc(O)cc2)ccc1O. The van der Waals surface area contributed by atoms with E-state index in [2.05, 4.69) is 40.9 Å². The van der Waals surface area contributed by atoms with Crippen molar-refractivity contribution >= 4 is 11.9 Å². The van der Waals surface area contributed by atoms with Crippen LogP contribution in [-0.2, 0) is 15.0 Å². The van der Waals surface area contributed by atoms with Gasteiger partial charge in [0.15, 0.2) is 11.5 Å². The van der Waals surface area contributed by atoms with Crippen LogP contribution in [0.15, 0.2) is 67.8 Å². The van der Waals surface area contributed by atoms with E-state index in [0.29, 0.717) is 5.75 Å². The van der Waals surface area contributed by atoms with E-state index in [1.165, 1.54) is 103 Å². The van der Waals surface area contributed by atoms with E-state index in [9.17, 15) is 19.8 Å². The number of hydrogen-bond acceptors (Lipinski definition) is 5. The Balaban J connectivity index is 0.00000192. The summed E-state index contributed by atoms with van der Waals surface area (Å²) >= 11 is 0. The van der Waals surface area contributed by atoms with Crippen molar-refractivity contribution in [1.82, 2.24) is 0 Å². The number of phenolic OH excluding ortho intramolecular Hbond substituents is 2. The highest BCUT2D eigenvalue weighted by molar-refractivity contribution is 5.79. The molecule has 0 radical (unpaired) electrons. The van der Waals surface area contributed by atoms with Gasteiger partial charge in [0.05, 0.1) is 6.10 Å². The molecule has 2 aromatic carbocycles. The van der Waals surface area contributed by atoms with Gasteiger partial charge in [0.1, 0.15) is 5.75 Å². The standard InChI is InChI=1S/C35H56O3.2C3H4O2/c1-5-6-7-8-9-10-11-12-13-14-15-16-17-18-19-20-21-29(2)38-34-28-31(24-27-33(34)37)35(3,4)30-22-25-32(36)26-23-30;2*1-2-3(4)5/h22-29,36-37H,5-21H2,1-4H3;2*2H,1H2,(H,4,5). The molecule has 0 aliphatic heterocycles. The van der Waals surface area contributed by atoms with Crippen LogP contribution in [-0.4, -0.2) is 38.5 Å². The van der Waals surface area contributed by atoms with Crippen molar-refractivity contribution in [2.45, 2.75) is 148 Å². The summed E-state index contributed by atoms with van der Waals surface area (Å²) in [4.78, 5) is 18.5. The van der Waals surface area contributed by atoms with Crippen molar-refractivity contribution in [3.63, 3.8) is 0 Å². The monoisotopic (exact) mass is 668 g/mol. The Bertz CT molecular complexity index is 1140. The lowest BCUT2D eigenvalue weighted by molar-refractivity contribution is -0.132. The molecule has 0 aliphatic carbocycles. The maximum Gasteiger partial charge on any atom is 0.327 e. The third-order valence-corrected chi connectivity index (χ3v) is 8.41. The van der Waals surface area contributed by atoms with Crippen LogP contribution >= 0.6 is 0 Å². The van der Waals surface area contributed by atoms with Crippen molar-refractivity contribution in [3.05, 3.63) is 78.9 Å². The molecule has 1 unspecified atom stereocenters. The van der Waals surface area contributed by atoms with Gasteiger partial charge < -0.3 is 25.2 Å². The minimum absolute atomic E-state index is 0.0691. The summed E-state index contributed by atoms with van der Waals surface area (Å²) in [5.41, 5.74) is 1.91. The Morgan fingerprint density at radius 3 is 1.46 bits per heavy atom. The fraction of sp³-hybridized carbons (Fsp3) is 0.561. The number of aromatic hydroxyl groups is 2. The van der Waals surface area contributed by atoms with Gasteiger partial charge in [-0.25, -0.2) is 9.59 Å². The summed E-state index contributed by atoms with van der Waals surface area (Å²) in [6, 6.07) is 13.0. The molecule has 1 atom stereocenters. The second-order valence-corrected chi connectivity index (χ2v) is 13.0. The Kier molecular flexibility index (Phi) is 25.1. The first kappa shape index (κ1) is 44.3. The molecule has 0 saturated carbocycles. The Labute approximate surface area is 290 Å². The minimum Gasteiger partial charge on any atom is -0.508 e. The Hall–Kier alpha value is -3.74. The molecule has 7 heteroatoms. The van der Waals surface area contributed by atoms with Crippen LogP contribution in [0.4, 0.5) is 0 Å². The molecule has 2 rings (SSSR count). The second kappa shape index (κ2) is 27.2. The molecular formula is C41H64O7. The third-order valence-electron chi connectivity index (χ3n) is 8.41. The van der Waals surface area contributed by atoms with Gasteiger partial charge in [-0.05, 0) is 55.2 Å². The van der Waals surface area contributed by atoms with E-state index in [4.69, 9.17) is 14.9 Å². The first-order valence-corrected chi connectivity index (χ1v) is 17.9. The predicted octanol–water partition coefficient (Wildman–Crippen LogP) is 11.4. The van der Waals surface area contributed by atoms with Gasteiger partial charge in [-0.1, -0.05) is 148 Å². The first-order valence-electron chi connectivity index (χ1n) is 17.9. The summed E-state index contributed by atoms with van der Waals surface area (Å²) in [5, 5.41) is 35.2. The molecule has 270 valence electrons. The van der Waals surface area contributed by atoms with E-state index in [-0.39, 0.29) is 23.0 Å². The van der Waals surface area contributed by atoms with Crippen molar-refractivity contribution in [1.29, 1.82) is 0 Å². The van der Waals surface area contributed by atoms with Crippen LogP contribution in [0.1, 0.15) is 148 Å². The smallest absolute Gasteiger partial charge is 0.327 e. The number of phenols is 2. The molecule has 0 heterocycles.